The molecule has 1 aliphatic heterocycles. The fraction of sp³-hybridized carbons (Fsp3) is 0.500. The smallest absolute Gasteiger partial charge is 0.125 e. The van der Waals surface area contributed by atoms with Gasteiger partial charge in [0.25, 0.3) is 0 Å². The minimum Gasteiger partial charge on any atom is -0.496 e. The second-order valence-electron chi connectivity index (χ2n) is 4.01. The lowest BCUT2D eigenvalue weighted by Crippen LogP contribution is -2.28. The number of fused-ring (bicyclic) bond motifs is 1. The number of rotatable bonds is 1. The highest BCUT2D eigenvalue weighted by atomic mass is 79.9. The topological polar surface area (TPSA) is 38.7 Å². The van der Waals surface area contributed by atoms with Crippen LogP contribution in [0.2, 0.25) is 0 Å². The van der Waals surface area contributed by atoms with Crippen molar-refractivity contribution in [1.29, 1.82) is 0 Å². The van der Waals surface area contributed by atoms with E-state index in [0.29, 0.717) is 0 Å². The van der Waals surface area contributed by atoms with Crippen molar-refractivity contribution in [3.05, 3.63) is 27.7 Å². The lowest BCUT2D eigenvalue weighted by atomic mass is 9.92. The van der Waals surface area contributed by atoms with Gasteiger partial charge in [0.2, 0.25) is 0 Å². The maximum Gasteiger partial charge on any atom is 0.125 e. The van der Waals surface area contributed by atoms with Gasteiger partial charge in [0.15, 0.2) is 0 Å². The highest BCUT2D eigenvalue weighted by molar-refractivity contribution is 9.10. The molecule has 0 saturated heterocycles. The second-order valence-corrected chi connectivity index (χ2v) is 4.86. The molecular weight excluding hydrogens is 272 g/mol. The standard InChI is InChI=1S/C12H15BrO3/c1-6-10-9(15-3)5-4-8(13)11(10)12(14)7(2)16-6/h4-7,12,14H,1-3H3/t6-,7-,12-/m1/s1. The highest BCUT2D eigenvalue weighted by Gasteiger charge is 2.33. The van der Waals surface area contributed by atoms with Crippen molar-refractivity contribution in [2.45, 2.75) is 32.2 Å². The first-order chi connectivity index (χ1) is 7.56. The van der Waals surface area contributed by atoms with Gasteiger partial charge >= 0.3 is 0 Å². The van der Waals surface area contributed by atoms with E-state index in [9.17, 15) is 5.11 Å². The first-order valence-electron chi connectivity index (χ1n) is 5.26. The summed E-state index contributed by atoms with van der Waals surface area (Å²) in [6.45, 7) is 3.84. The van der Waals surface area contributed by atoms with Crippen molar-refractivity contribution in [3.8, 4) is 5.75 Å². The quantitative estimate of drug-likeness (QED) is 0.863. The Kier molecular flexibility index (Phi) is 3.24. The lowest BCUT2D eigenvalue weighted by molar-refractivity contribution is -0.0820. The van der Waals surface area contributed by atoms with Gasteiger partial charge < -0.3 is 14.6 Å². The predicted molar refractivity (Wildman–Crippen MR) is 64.6 cm³/mol. The van der Waals surface area contributed by atoms with Crippen molar-refractivity contribution >= 4 is 15.9 Å². The molecule has 88 valence electrons. The molecule has 0 radical (unpaired) electrons. The fourth-order valence-electron chi connectivity index (χ4n) is 2.19. The molecule has 3 atom stereocenters. The molecule has 3 nitrogen and oxygen atoms in total. The summed E-state index contributed by atoms with van der Waals surface area (Å²) in [7, 11) is 1.63. The van der Waals surface area contributed by atoms with Gasteiger partial charge in [-0.3, -0.25) is 0 Å². The average molecular weight is 287 g/mol. The van der Waals surface area contributed by atoms with Crippen molar-refractivity contribution in [2.24, 2.45) is 0 Å². The second kappa shape index (κ2) is 4.35. The summed E-state index contributed by atoms with van der Waals surface area (Å²) in [5.74, 6) is 0.761. The molecule has 16 heavy (non-hydrogen) atoms. The molecule has 1 N–H and O–H groups in total. The average Bonchev–Trinajstić information content (AvgIpc) is 2.25. The Morgan fingerprint density at radius 3 is 2.62 bits per heavy atom. The first kappa shape index (κ1) is 11.9. The van der Waals surface area contributed by atoms with Crippen molar-refractivity contribution in [2.75, 3.05) is 7.11 Å². The van der Waals surface area contributed by atoms with Crippen LogP contribution < -0.4 is 4.74 Å². The molecule has 2 rings (SSSR count). The van der Waals surface area contributed by atoms with Crippen LogP contribution in [-0.2, 0) is 4.74 Å². The molecule has 1 aromatic rings. The molecular formula is C12H15BrO3. The summed E-state index contributed by atoms with van der Waals surface area (Å²) in [5, 5.41) is 10.1. The van der Waals surface area contributed by atoms with E-state index in [-0.39, 0.29) is 12.2 Å². The number of ether oxygens (including phenoxy) is 2. The zero-order valence-electron chi connectivity index (χ0n) is 9.53. The Hall–Kier alpha value is -0.580. The van der Waals surface area contributed by atoms with Gasteiger partial charge in [-0.25, -0.2) is 0 Å². The number of halogens is 1. The van der Waals surface area contributed by atoms with Crippen molar-refractivity contribution < 1.29 is 14.6 Å². The maximum absolute atomic E-state index is 10.1. The number of hydrogen-bond donors (Lipinski definition) is 1. The summed E-state index contributed by atoms with van der Waals surface area (Å²) in [6.07, 6.45) is -0.887. The van der Waals surface area contributed by atoms with Crippen LogP contribution >= 0.6 is 15.9 Å². The number of aliphatic hydroxyl groups is 1. The van der Waals surface area contributed by atoms with Crippen LogP contribution in [-0.4, -0.2) is 18.3 Å². The molecule has 1 heterocycles. The minimum absolute atomic E-state index is 0.0687. The first-order valence-corrected chi connectivity index (χ1v) is 6.05. The van der Waals surface area contributed by atoms with Gasteiger partial charge in [-0.15, -0.1) is 0 Å². The maximum atomic E-state index is 10.1. The number of methoxy groups -OCH3 is 1. The van der Waals surface area contributed by atoms with E-state index in [1.807, 2.05) is 26.0 Å². The Bertz CT molecular complexity index is 405. The summed E-state index contributed by atoms with van der Waals surface area (Å²) in [6, 6.07) is 3.77. The molecule has 0 amide bonds. The zero-order chi connectivity index (χ0) is 11.9. The summed E-state index contributed by atoms with van der Waals surface area (Å²) < 4.78 is 11.9. The molecule has 0 aliphatic carbocycles. The molecule has 0 fully saturated rings. The van der Waals surface area contributed by atoms with Gasteiger partial charge in [0, 0.05) is 15.6 Å². The summed E-state index contributed by atoms with van der Waals surface area (Å²) in [4.78, 5) is 0. The van der Waals surface area contributed by atoms with Crippen LogP contribution in [0.25, 0.3) is 0 Å². The minimum atomic E-state index is -0.615. The summed E-state index contributed by atoms with van der Waals surface area (Å²) >= 11 is 3.47. The largest absolute Gasteiger partial charge is 0.496 e. The van der Waals surface area contributed by atoms with Gasteiger partial charge in [-0.05, 0) is 26.0 Å². The predicted octanol–water partition coefficient (Wildman–Crippen LogP) is 2.97. The van der Waals surface area contributed by atoms with Crippen LogP contribution in [0.1, 0.15) is 37.2 Å². The molecule has 0 saturated carbocycles. The molecule has 4 heteroatoms. The van der Waals surface area contributed by atoms with E-state index in [2.05, 4.69) is 15.9 Å². The number of benzene rings is 1. The van der Waals surface area contributed by atoms with Crippen LogP contribution in [0.3, 0.4) is 0 Å². The van der Waals surface area contributed by atoms with E-state index in [1.165, 1.54) is 0 Å². The van der Waals surface area contributed by atoms with Gasteiger partial charge in [-0.2, -0.15) is 0 Å². The van der Waals surface area contributed by atoms with Crippen molar-refractivity contribution in [1.82, 2.24) is 0 Å². The van der Waals surface area contributed by atoms with E-state index < -0.39 is 6.10 Å². The van der Waals surface area contributed by atoms with Crippen LogP contribution in [0.15, 0.2) is 16.6 Å². The Balaban J connectivity index is 2.63. The number of hydrogen-bond acceptors (Lipinski definition) is 3. The molecule has 0 bridgehead atoms. The normalized spacial score (nSPS) is 28.7. The fourth-order valence-corrected chi connectivity index (χ4v) is 2.77. The number of aliphatic hydroxyl groups excluding tert-OH is 1. The Labute approximate surface area is 104 Å². The molecule has 1 aliphatic rings. The Morgan fingerprint density at radius 2 is 2.00 bits per heavy atom. The van der Waals surface area contributed by atoms with E-state index in [4.69, 9.17) is 9.47 Å². The van der Waals surface area contributed by atoms with Crippen LogP contribution in [0, 0.1) is 0 Å². The lowest BCUT2D eigenvalue weighted by Gasteiger charge is -2.34. The SMILES string of the molecule is COc1ccc(Br)c2c1[C@@H](C)O[C@H](C)[C@H]2O. The molecule has 1 aromatic carbocycles. The van der Waals surface area contributed by atoms with E-state index in [0.717, 1.165) is 21.3 Å². The van der Waals surface area contributed by atoms with Gasteiger partial charge in [0.05, 0.1) is 19.3 Å². The third kappa shape index (κ3) is 1.75. The van der Waals surface area contributed by atoms with Gasteiger partial charge in [0.1, 0.15) is 11.9 Å². The third-order valence-electron chi connectivity index (χ3n) is 2.98. The van der Waals surface area contributed by atoms with E-state index in [1.54, 1.807) is 7.11 Å². The molecule has 0 spiro atoms. The zero-order valence-corrected chi connectivity index (χ0v) is 11.1. The summed E-state index contributed by atoms with van der Waals surface area (Å²) in [5.41, 5.74) is 1.81. The monoisotopic (exact) mass is 286 g/mol. The third-order valence-corrected chi connectivity index (χ3v) is 3.67. The Morgan fingerprint density at radius 1 is 1.31 bits per heavy atom. The van der Waals surface area contributed by atoms with Crippen LogP contribution in [0.5, 0.6) is 5.75 Å². The molecule has 0 unspecified atom stereocenters. The highest BCUT2D eigenvalue weighted by Crippen LogP contribution is 2.44. The van der Waals surface area contributed by atoms with Crippen molar-refractivity contribution in [3.63, 3.8) is 0 Å². The molecule has 0 aromatic heterocycles. The van der Waals surface area contributed by atoms with E-state index >= 15 is 0 Å². The van der Waals surface area contributed by atoms with Crippen LogP contribution in [0.4, 0.5) is 0 Å². The van der Waals surface area contributed by atoms with Gasteiger partial charge in [-0.1, -0.05) is 15.9 Å².